The summed E-state index contributed by atoms with van der Waals surface area (Å²) in [6.07, 6.45) is 3.04. The van der Waals surface area contributed by atoms with Crippen LogP contribution in [0, 0.1) is 0 Å². The smallest absolute Gasteiger partial charge is 0.286 e. The van der Waals surface area contributed by atoms with E-state index in [0.29, 0.717) is 5.89 Å². The highest BCUT2D eigenvalue weighted by Crippen LogP contribution is 2.04. The summed E-state index contributed by atoms with van der Waals surface area (Å²) < 4.78 is 5.00. The van der Waals surface area contributed by atoms with Crippen molar-refractivity contribution >= 4 is 5.91 Å². The fourth-order valence-electron chi connectivity index (χ4n) is 0.754. The Balaban J connectivity index is 2.73. The number of amides is 1. The van der Waals surface area contributed by atoms with Gasteiger partial charge in [0.15, 0.2) is 5.89 Å². The van der Waals surface area contributed by atoms with E-state index < -0.39 is 5.91 Å². The molecule has 0 aliphatic heterocycles. The number of primary amides is 1. The van der Waals surface area contributed by atoms with Crippen molar-refractivity contribution in [2.24, 2.45) is 5.73 Å². The Morgan fingerprint density at radius 2 is 2.55 bits per heavy atom. The van der Waals surface area contributed by atoms with Crippen LogP contribution in [0.1, 0.15) is 29.8 Å². The SMILES string of the molecule is CCCc1ncc(C(N)=O)o1. The first kappa shape index (κ1) is 7.78. The zero-order valence-corrected chi connectivity index (χ0v) is 6.33. The molecule has 2 N–H and O–H groups in total. The lowest BCUT2D eigenvalue weighted by atomic mass is 10.3. The molecule has 1 aromatic heterocycles. The van der Waals surface area contributed by atoms with Crippen molar-refractivity contribution in [1.29, 1.82) is 0 Å². The molecular formula is C7H10N2O2. The summed E-state index contributed by atoms with van der Waals surface area (Å²) in [5.74, 6) is 0.134. The van der Waals surface area contributed by atoms with Gasteiger partial charge in [0, 0.05) is 6.42 Å². The molecule has 60 valence electrons. The van der Waals surface area contributed by atoms with E-state index in [4.69, 9.17) is 10.2 Å². The molecule has 0 saturated heterocycles. The van der Waals surface area contributed by atoms with E-state index in [1.54, 1.807) is 0 Å². The highest BCUT2D eigenvalue weighted by Gasteiger charge is 2.06. The van der Waals surface area contributed by atoms with Crippen LogP contribution in [0.2, 0.25) is 0 Å². The molecule has 0 bridgehead atoms. The summed E-state index contributed by atoms with van der Waals surface area (Å²) in [6, 6.07) is 0. The van der Waals surface area contributed by atoms with Crippen molar-refractivity contribution in [1.82, 2.24) is 4.98 Å². The fourth-order valence-corrected chi connectivity index (χ4v) is 0.754. The van der Waals surface area contributed by atoms with Gasteiger partial charge in [-0.3, -0.25) is 4.79 Å². The summed E-state index contributed by atoms with van der Waals surface area (Å²) in [5.41, 5.74) is 4.95. The van der Waals surface area contributed by atoms with Crippen LogP contribution in [0.25, 0.3) is 0 Å². The van der Waals surface area contributed by atoms with E-state index in [2.05, 4.69) is 4.98 Å². The van der Waals surface area contributed by atoms with Crippen LogP contribution >= 0.6 is 0 Å². The Bertz CT molecular complexity index is 255. The molecule has 4 heteroatoms. The molecule has 1 rings (SSSR count). The summed E-state index contributed by atoms with van der Waals surface area (Å²) in [6.45, 7) is 2.01. The topological polar surface area (TPSA) is 69.1 Å². The van der Waals surface area contributed by atoms with Crippen LogP contribution in [0.3, 0.4) is 0 Å². The normalized spacial score (nSPS) is 9.91. The zero-order chi connectivity index (χ0) is 8.27. The second-order valence-electron chi connectivity index (χ2n) is 2.23. The summed E-state index contributed by atoms with van der Waals surface area (Å²) in [5, 5.41) is 0. The lowest BCUT2D eigenvalue weighted by Gasteiger charge is -1.87. The molecule has 1 aromatic rings. The molecule has 0 spiro atoms. The Hall–Kier alpha value is -1.32. The monoisotopic (exact) mass is 154 g/mol. The third-order valence-electron chi connectivity index (χ3n) is 1.26. The maximum absolute atomic E-state index is 10.5. The standard InChI is InChI=1S/C7H10N2O2/c1-2-3-6-9-4-5(11-6)7(8)10/h4H,2-3H2,1H3,(H2,8,10). The molecule has 0 aromatic carbocycles. The van der Waals surface area contributed by atoms with Crippen molar-refractivity contribution in [3.8, 4) is 0 Å². The molecule has 1 heterocycles. The number of oxazole rings is 1. The van der Waals surface area contributed by atoms with Gasteiger partial charge in [-0.05, 0) is 6.42 Å². The third-order valence-corrected chi connectivity index (χ3v) is 1.26. The number of carbonyl (C=O) groups excluding carboxylic acids is 1. The van der Waals surface area contributed by atoms with Gasteiger partial charge in [0.2, 0.25) is 5.76 Å². The Labute approximate surface area is 64.4 Å². The van der Waals surface area contributed by atoms with Gasteiger partial charge >= 0.3 is 0 Å². The first-order valence-corrected chi connectivity index (χ1v) is 3.48. The van der Waals surface area contributed by atoms with Gasteiger partial charge in [-0.15, -0.1) is 0 Å². The van der Waals surface area contributed by atoms with Crippen LogP contribution in [-0.2, 0) is 6.42 Å². The number of nitrogens with zero attached hydrogens (tertiary/aromatic N) is 1. The van der Waals surface area contributed by atoms with E-state index in [1.165, 1.54) is 6.20 Å². The van der Waals surface area contributed by atoms with Crippen molar-refractivity contribution in [2.75, 3.05) is 0 Å². The predicted molar refractivity (Wildman–Crippen MR) is 39.0 cm³/mol. The Kier molecular flexibility index (Phi) is 2.25. The molecule has 1 amide bonds. The number of aryl methyl sites for hydroxylation is 1. The largest absolute Gasteiger partial charge is 0.436 e. The van der Waals surface area contributed by atoms with Crippen molar-refractivity contribution in [3.63, 3.8) is 0 Å². The molecule has 0 radical (unpaired) electrons. The average molecular weight is 154 g/mol. The molecule has 0 saturated carbocycles. The van der Waals surface area contributed by atoms with Gasteiger partial charge in [-0.25, -0.2) is 4.98 Å². The molecular weight excluding hydrogens is 144 g/mol. The van der Waals surface area contributed by atoms with Crippen LogP contribution in [0.5, 0.6) is 0 Å². The van der Waals surface area contributed by atoms with Crippen molar-refractivity contribution in [2.45, 2.75) is 19.8 Å². The lowest BCUT2D eigenvalue weighted by molar-refractivity contribution is 0.0972. The maximum atomic E-state index is 10.5. The second-order valence-corrected chi connectivity index (χ2v) is 2.23. The number of aromatic nitrogens is 1. The first-order valence-electron chi connectivity index (χ1n) is 3.48. The zero-order valence-electron chi connectivity index (χ0n) is 6.33. The van der Waals surface area contributed by atoms with Crippen molar-refractivity contribution < 1.29 is 9.21 Å². The van der Waals surface area contributed by atoms with Crippen molar-refractivity contribution in [3.05, 3.63) is 17.8 Å². The van der Waals surface area contributed by atoms with Gasteiger partial charge in [0.05, 0.1) is 6.20 Å². The van der Waals surface area contributed by atoms with Crippen LogP contribution in [0.4, 0.5) is 0 Å². The predicted octanol–water partition coefficient (Wildman–Crippen LogP) is 0.726. The molecule has 4 nitrogen and oxygen atoms in total. The van der Waals surface area contributed by atoms with Crippen LogP contribution < -0.4 is 5.73 Å². The second kappa shape index (κ2) is 3.18. The van der Waals surface area contributed by atoms with Gasteiger partial charge in [-0.1, -0.05) is 6.92 Å². The Morgan fingerprint density at radius 3 is 3.00 bits per heavy atom. The number of hydrogen-bond acceptors (Lipinski definition) is 3. The number of rotatable bonds is 3. The third kappa shape index (κ3) is 1.80. The molecule has 0 fully saturated rings. The van der Waals surface area contributed by atoms with Gasteiger partial charge in [0.25, 0.3) is 5.91 Å². The highest BCUT2D eigenvalue weighted by molar-refractivity contribution is 5.89. The quantitative estimate of drug-likeness (QED) is 0.697. The lowest BCUT2D eigenvalue weighted by Crippen LogP contribution is -2.09. The van der Waals surface area contributed by atoms with E-state index in [0.717, 1.165) is 12.8 Å². The van der Waals surface area contributed by atoms with Gasteiger partial charge in [0.1, 0.15) is 0 Å². The maximum Gasteiger partial charge on any atom is 0.286 e. The minimum atomic E-state index is -0.570. The Morgan fingerprint density at radius 1 is 1.82 bits per heavy atom. The molecule has 0 unspecified atom stereocenters. The van der Waals surface area contributed by atoms with Crippen LogP contribution in [-0.4, -0.2) is 10.9 Å². The highest BCUT2D eigenvalue weighted by atomic mass is 16.4. The van der Waals surface area contributed by atoms with E-state index in [1.807, 2.05) is 6.92 Å². The van der Waals surface area contributed by atoms with E-state index >= 15 is 0 Å². The fraction of sp³-hybridized carbons (Fsp3) is 0.429. The molecule has 0 aliphatic carbocycles. The van der Waals surface area contributed by atoms with E-state index in [-0.39, 0.29) is 5.76 Å². The minimum Gasteiger partial charge on any atom is -0.436 e. The van der Waals surface area contributed by atoms with Crippen LogP contribution in [0.15, 0.2) is 10.6 Å². The van der Waals surface area contributed by atoms with Gasteiger partial charge in [-0.2, -0.15) is 0 Å². The van der Waals surface area contributed by atoms with E-state index in [9.17, 15) is 4.79 Å². The average Bonchev–Trinajstić information content (AvgIpc) is 2.37. The molecule has 0 atom stereocenters. The summed E-state index contributed by atoms with van der Waals surface area (Å²) >= 11 is 0. The molecule has 0 aliphatic rings. The molecule has 11 heavy (non-hydrogen) atoms. The summed E-state index contributed by atoms with van der Waals surface area (Å²) in [7, 11) is 0. The van der Waals surface area contributed by atoms with Gasteiger partial charge < -0.3 is 10.2 Å². The number of nitrogens with two attached hydrogens (primary N) is 1. The first-order chi connectivity index (χ1) is 5.24. The number of hydrogen-bond donors (Lipinski definition) is 1. The number of carbonyl (C=O) groups is 1. The summed E-state index contributed by atoms with van der Waals surface area (Å²) in [4.78, 5) is 14.4. The minimum absolute atomic E-state index is 0.133.